The maximum absolute atomic E-state index is 5.54. The third-order valence-corrected chi connectivity index (χ3v) is 2.63. The van der Waals surface area contributed by atoms with Crippen molar-refractivity contribution in [3.63, 3.8) is 0 Å². The summed E-state index contributed by atoms with van der Waals surface area (Å²) in [4.78, 5) is 2.45. The highest BCUT2D eigenvalue weighted by Gasteiger charge is 2.03. The number of rotatable bonds is 13. The molecular formula is C14H31NO2. The maximum Gasteiger partial charge on any atom is 0.0593 e. The van der Waals surface area contributed by atoms with E-state index < -0.39 is 0 Å². The molecule has 0 saturated heterocycles. The zero-order valence-electron chi connectivity index (χ0n) is 12.0. The summed E-state index contributed by atoms with van der Waals surface area (Å²) in [6, 6.07) is 0. The Morgan fingerprint density at radius 2 is 1.18 bits per heavy atom. The van der Waals surface area contributed by atoms with E-state index in [-0.39, 0.29) is 0 Å². The molecule has 0 aromatic carbocycles. The van der Waals surface area contributed by atoms with Crippen LogP contribution in [0.3, 0.4) is 0 Å². The van der Waals surface area contributed by atoms with Crippen LogP contribution in [-0.4, -0.2) is 51.0 Å². The fourth-order valence-corrected chi connectivity index (χ4v) is 1.60. The molecular weight excluding hydrogens is 214 g/mol. The Bertz CT molecular complexity index is 130. The predicted octanol–water partition coefficient (Wildman–Crippen LogP) is 2.94. The average molecular weight is 245 g/mol. The first-order chi connectivity index (χ1) is 8.35. The number of unbranched alkanes of at least 4 members (excludes halogenated alkanes) is 1. The van der Waals surface area contributed by atoms with Crippen molar-refractivity contribution in [3.8, 4) is 0 Å². The lowest BCUT2D eigenvalue weighted by molar-refractivity contribution is 0.0743. The molecule has 0 aliphatic heterocycles. The van der Waals surface area contributed by atoms with E-state index in [0.29, 0.717) is 0 Å². The number of hydrogen-bond acceptors (Lipinski definition) is 3. The van der Waals surface area contributed by atoms with E-state index in [0.717, 1.165) is 52.4 Å². The van der Waals surface area contributed by atoms with Gasteiger partial charge in [0, 0.05) is 26.3 Å². The second kappa shape index (κ2) is 13.9. The molecule has 0 bridgehead atoms. The van der Waals surface area contributed by atoms with Gasteiger partial charge in [-0.15, -0.1) is 0 Å². The highest BCUT2D eigenvalue weighted by atomic mass is 16.5. The van der Waals surface area contributed by atoms with Gasteiger partial charge in [0.05, 0.1) is 13.2 Å². The highest BCUT2D eigenvalue weighted by molar-refractivity contribution is 4.57. The van der Waals surface area contributed by atoms with E-state index in [4.69, 9.17) is 9.47 Å². The summed E-state index contributed by atoms with van der Waals surface area (Å²) in [5.41, 5.74) is 0. The standard InChI is InChI=1S/C14H31NO2/c1-4-7-8-15(9-13-16-11-5-2)10-14-17-12-6-3/h4-14H2,1-3H3. The van der Waals surface area contributed by atoms with Gasteiger partial charge in [-0.2, -0.15) is 0 Å². The second-order valence-corrected chi connectivity index (χ2v) is 4.42. The van der Waals surface area contributed by atoms with E-state index in [1.54, 1.807) is 0 Å². The summed E-state index contributed by atoms with van der Waals surface area (Å²) in [7, 11) is 0. The minimum absolute atomic E-state index is 0.853. The van der Waals surface area contributed by atoms with Gasteiger partial charge in [-0.3, -0.25) is 4.90 Å². The van der Waals surface area contributed by atoms with E-state index in [2.05, 4.69) is 25.7 Å². The Morgan fingerprint density at radius 3 is 1.59 bits per heavy atom. The number of hydrogen-bond donors (Lipinski definition) is 0. The lowest BCUT2D eigenvalue weighted by atomic mass is 10.3. The minimum Gasteiger partial charge on any atom is -0.380 e. The van der Waals surface area contributed by atoms with Crippen LogP contribution in [0.1, 0.15) is 46.5 Å². The Balaban J connectivity index is 3.56. The third-order valence-electron chi connectivity index (χ3n) is 2.63. The van der Waals surface area contributed by atoms with Crippen LogP contribution in [0.25, 0.3) is 0 Å². The molecule has 0 aliphatic rings. The van der Waals surface area contributed by atoms with E-state index in [9.17, 15) is 0 Å². The van der Waals surface area contributed by atoms with Gasteiger partial charge in [0.1, 0.15) is 0 Å². The molecule has 0 heterocycles. The van der Waals surface area contributed by atoms with Crippen LogP contribution in [0.2, 0.25) is 0 Å². The predicted molar refractivity (Wildman–Crippen MR) is 73.6 cm³/mol. The summed E-state index contributed by atoms with van der Waals surface area (Å²) in [6.07, 6.45) is 4.73. The van der Waals surface area contributed by atoms with Crippen molar-refractivity contribution in [3.05, 3.63) is 0 Å². The fraction of sp³-hybridized carbons (Fsp3) is 1.00. The fourth-order valence-electron chi connectivity index (χ4n) is 1.60. The van der Waals surface area contributed by atoms with Crippen LogP contribution in [0.15, 0.2) is 0 Å². The molecule has 0 atom stereocenters. The Labute approximate surface area is 107 Å². The van der Waals surface area contributed by atoms with Crippen molar-refractivity contribution >= 4 is 0 Å². The van der Waals surface area contributed by atoms with E-state index in [1.807, 2.05) is 0 Å². The lowest BCUT2D eigenvalue weighted by Gasteiger charge is -2.21. The molecule has 0 saturated carbocycles. The lowest BCUT2D eigenvalue weighted by Crippen LogP contribution is -2.32. The molecule has 0 unspecified atom stereocenters. The molecule has 0 rings (SSSR count). The highest BCUT2D eigenvalue weighted by Crippen LogP contribution is 1.96. The van der Waals surface area contributed by atoms with Crippen molar-refractivity contribution < 1.29 is 9.47 Å². The van der Waals surface area contributed by atoms with Crippen LogP contribution < -0.4 is 0 Å². The summed E-state index contributed by atoms with van der Waals surface area (Å²) in [5.74, 6) is 0. The first-order valence-corrected chi connectivity index (χ1v) is 7.22. The van der Waals surface area contributed by atoms with Crippen molar-refractivity contribution in [2.45, 2.75) is 46.5 Å². The van der Waals surface area contributed by atoms with Gasteiger partial charge in [0.15, 0.2) is 0 Å². The molecule has 0 amide bonds. The molecule has 3 nitrogen and oxygen atoms in total. The monoisotopic (exact) mass is 245 g/mol. The van der Waals surface area contributed by atoms with E-state index >= 15 is 0 Å². The van der Waals surface area contributed by atoms with Gasteiger partial charge in [0.25, 0.3) is 0 Å². The van der Waals surface area contributed by atoms with Gasteiger partial charge >= 0.3 is 0 Å². The summed E-state index contributed by atoms with van der Waals surface area (Å²) < 4.78 is 11.1. The first-order valence-electron chi connectivity index (χ1n) is 7.22. The third kappa shape index (κ3) is 12.1. The van der Waals surface area contributed by atoms with Crippen molar-refractivity contribution in [1.29, 1.82) is 0 Å². The summed E-state index contributed by atoms with van der Waals surface area (Å²) >= 11 is 0. The zero-order valence-corrected chi connectivity index (χ0v) is 12.0. The van der Waals surface area contributed by atoms with Crippen molar-refractivity contribution in [2.75, 3.05) is 46.1 Å². The Hall–Kier alpha value is -0.120. The molecule has 3 heteroatoms. The van der Waals surface area contributed by atoms with Crippen LogP contribution in [-0.2, 0) is 9.47 Å². The maximum atomic E-state index is 5.54. The van der Waals surface area contributed by atoms with E-state index in [1.165, 1.54) is 19.4 Å². The largest absolute Gasteiger partial charge is 0.380 e. The SMILES string of the molecule is CCCCN(CCOCCC)CCOCCC. The van der Waals surface area contributed by atoms with Crippen LogP contribution in [0.4, 0.5) is 0 Å². The van der Waals surface area contributed by atoms with Gasteiger partial charge in [-0.1, -0.05) is 27.2 Å². The topological polar surface area (TPSA) is 21.7 Å². The van der Waals surface area contributed by atoms with Crippen LogP contribution >= 0.6 is 0 Å². The van der Waals surface area contributed by atoms with Crippen molar-refractivity contribution in [1.82, 2.24) is 4.90 Å². The summed E-state index contributed by atoms with van der Waals surface area (Å²) in [6.45, 7) is 13.2. The van der Waals surface area contributed by atoms with Gasteiger partial charge in [0.2, 0.25) is 0 Å². The normalized spacial score (nSPS) is 11.3. The zero-order chi connectivity index (χ0) is 12.8. The molecule has 0 aliphatic carbocycles. The second-order valence-electron chi connectivity index (χ2n) is 4.42. The average Bonchev–Trinajstić information content (AvgIpc) is 2.35. The summed E-state index contributed by atoms with van der Waals surface area (Å²) in [5, 5.41) is 0. The molecule has 17 heavy (non-hydrogen) atoms. The first kappa shape index (κ1) is 16.9. The molecule has 104 valence electrons. The van der Waals surface area contributed by atoms with Crippen LogP contribution in [0.5, 0.6) is 0 Å². The molecule has 0 aromatic rings. The van der Waals surface area contributed by atoms with Gasteiger partial charge < -0.3 is 9.47 Å². The molecule has 0 N–H and O–H groups in total. The number of nitrogens with zero attached hydrogens (tertiary/aromatic N) is 1. The van der Waals surface area contributed by atoms with Crippen molar-refractivity contribution in [2.24, 2.45) is 0 Å². The number of ether oxygens (including phenoxy) is 2. The van der Waals surface area contributed by atoms with Crippen LogP contribution in [0, 0.1) is 0 Å². The molecule has 0 spiro atoms. The smallest absolute Gasteiger partial charge is 0.0593 e. The Morgan fingerprint density at radius 1 is 0.647 bits per heavy atom. The molecule has 0 radical (unpaired) electrons. The van der Waals surface area contributed by atoms with Gasteiger partial charge in [-0.05, 0) is 25.8 Å². The molecule has 0 aromatic heterocycles. The van der Waals surface area contributed by atoms with Gasteiger partial charge in [-0.25, -0.2) is 0 Å². The minimum atomic E-state index is 0.853. The Kier molecular flexibility index (Phi) is 13.8. The quantitative estimate of drug-likeness (QED) is 0.466. The molecule has 0 fully saturated rings.